The third-order valence-corrected chi connectivity index (χ3v) is 3.77. The minimum atomic E-state index is -0.0459. The van der Waals surface area contributed by atoms with E-state index in [2.05, 4.69) is 0 Å². The molecule has 6 heteroatoms. The van der Waals surface area contributed by atoms with Crippen molar-refractivity contribution in [3.8, 4) is 6.07 Å². The second kappa shape index (κ2) is 5.55. The van der Waals surface area contributed by atoms with Crippen LogP contribution < -0.4 is 4.90 Å². The Kier molecular flexibility index (Phi) is 4.03. The monoisotopic (exact) mass is 293 g/mol. The molecule has 1 fully saturated rings. The third-order valence-electron chi connectivity index (χ3n) is 3.02. The number of benzene rings is 1. The summed E-state index contributed by atoms with van der Waals surface area (Å²) in [5, 5.41) is 9.66. The molecule has 19 heavy (non-hydrogen) atoms. The van der Waals surface area contributed by atoms with Crippen LogP contribution in [0.1, 0.15) is 18.9 Å². The van der Waals surface area contributed by atoms with Crippen molar-refractivity contribution in [2.75, 3.05) is 18.0 Å². The van der Waals surface area contributed by atoms with Crippen LogP contribution in [0.5, 0.6) is 0 Å². The molecule has 0 saturated carbocycles. The van der Waals surface area contributed by atoms with E-state index in [1.807, 2.05) is 17.9 Å². The average Bonchev–Trinajstić information content (AvgIpc) is 2.39. The molecule has 4 nitrogen and oxygen atoms in total. The summed E-state index contributed by atoms with van der Waals surface area (Å²) >= 11 is 11.3. The molecule has 1 amide bonds. The summed E-state index contributed by atoms with van der Waals surface area (Å²) in [5.41, 5.74) is 0.991. The zero-order chi connectivity index (χ0) is 14.0. The summed E-state index contributed by atoms with van der Waals surface area (Å²) in [5.74, 6) is -0.0459. The van der Waals surface area contributed by atoms with Gasteiger partial charge in [-0.25, -0.2) is 0 Å². The Hall–Kier alpha value is -1.64. The van der Waals surface area contributed by atoms with E-state index in [4.69, 9.17) is 29.1 Å². The van der Waals surface area contributed by atoms with E-state index >= 15 is 0 Å². The van der Waals surface area contributed by atoms with Gasteiger partial charge in [-0.2, -0.15) is 5.26 Å². The second-order valence-electron chi connectivity index (χ2n) is 4.12. The van der Waals surface area contributed by atoms with E-state index < -0.39 is 0 Å². The van der Waals surface area contributed by atoms with Gasteiger partial charge in [-0.05, 0) is 37.3 Å². The van der Waals surface area contributed by atoms with Crippen LogP contribution in [0.25, 0.3) is 0 Å². The molecule has 1 aliphatic rings. The van der Waals surface area contributed by atoms with Gasteiger partial charge in [0, 0.05) is 19.5 Å². The Balaban J connectivity index is 2.39. The SMILES string of the molecule is CCN1CCC(=O)N(c2ccc(C#N)c(Cl)c2)C1=S. The Morgan fingerprint density at radius 1 is 1.53 bits per heavy atom. The van der Waals surface area contributed by atoms with Gasteiger partial charge in [0.1, 0.15) is 6.07 Å². The number of halogens is 1. The van der Waals surface area contributed by atoms with Gasteiger partial charge in [-0.3, -0.25) is 9.69 Å². The van der Waals surface area contributed by atoms with Crippen LogP contribution in [0.2, 0.25) is 5.02 Å². The Morgan fingerprint density at radius 2 is 2.26 bits per heavy atom. The molecule has 0 N–H and O–H groups in total. The first kappa shape index (κ1) is 13.8. The normalized spacial score (nSPS) is 15.6. The van der Waals surface area contributed by atoms with Gasteiger partial charge in [-0.1, -0.05) is 11.6 Å². The molecule has 0 aliphatic carbocycles. The molecular formula is C13H12ClN3OS. The number of nitrogens with zero attached hydrogens (tertiary/aromatic N) is 3. The van der Waals surface area contributed by atoms with Gasteiger partial charge in [-0.15, -0.1) is 0 Å². The van der Waals surface area contributed by atoms with E-state index in [9.17, 15) is 4.79 Å². The summed E-state index contributed by atoms with van der Waals surface area (Å²) in [6, 6.07) is 6.87. The quantitative estimate of drug-likeness (QED) is 0.786. The number of anilines is 1. The molecule has 2 rings (SSSR count). The number of carbonyl (C=O) groups is 1. The predicted octanol–water partition coefficient (Wildman–Crippen LogP) is 2.56. The van der Waals surface area contributed by atoms with Crippen LogP contribution in [0, 0.1) is 11.3 Å². The van der Waals surface area contributed by atoms with Crippen LogP contribution in [-0.4, -0.2) is 29.0 Å². The molecule has 0 unspecified atom stereocenters. The maximum Gasteiger partial charge on any atom is 0.235 e. The first-order valence-corrected chi connectivity index (χ1v) is 6.68. The summed E-state index contributed by atoms with van der Waals surface area (Å²) in [4.78, 5) is 15.5. The van der Waals surface area contributed by atoms with Gasteiger partial charge in [0.05, 0.1) is 16.3 Å². The lowest BCUT2D eigenvalue weighted by atomic mass is 10.2. The van der Waals surface area contributed by atoms with Crippen molar-refractivity contribution in [1.29, 1.82) is 5.26 Å². The van der Waals surface area contributed by atoms with Crippen LogP contribution in [0.15, 0.2) is 18.2 Å². The van der Waals surface area contributed by atoms with Crippen molar-refractivity contribution < 1.29 is 4.79 Å². The Morgan fingerprint density at radius 3 is 2.84 bits per heavy atom. The van der Waals surface area contributed by atoms with Gasteiger partial charge in [0.15, 0.2) is 5.11 Å². The molecule has 1 heterocycles. The van der Waals surface area contributed by atoms with Crippen LogP contribution >= 0.6 is 23.8 Å². The first-order valence-electron chi connectivity index (χ1n) is 5.90. The van der Waals surface area contributed by atoms with Crippen molar-refractivity contribution in [3.63, 3.8) is 0 Å². The van der Waals surface area contributed by atoms with E-state index in [1.165, 1.54) is 4.90 Å². The third kappa shape index (κ3) is 2.55. The molecule has 0 bridgehead atoms. The zero-order valence-corrected chi connectivity index (χ0v) is 12.0. The van der Waals surface area contributed by atoms with Crippen molar-refractivity contribution in [2.45, 2.75) is 13.3 Å². The van der Waals surface area contributed by atoms with E-state index in [-0.39, 0.29) is 5.91 Å². The lowest BCUT2D eigenvalue weighted by Crippen LogP contribution is -2.52. The maximum absolute atomic E-state index is 12.0. The molecule has 0 aromatic heterocycles. The molecular weight excluding hydrogens is 282 g/mol. The van der Waals surface area contributed by atoms with Gasteiger partial charge in [0.25, 0.3) is 0 Å². The highest BCUT2D eigenvalue weighted by Gasteiger charge is 2.29. The minimum Gasteiger partial charge on any atom is -0.348 e. The molecule has 1 saturated heterocycles. The Bertz CT molecular complexity index is 582. The second-order valence-corrected chi connectivity index (χ2v) is 4.89. The van der Waals surface area contributed by atoms with Gasteiger partial charge in [0.2, 0.25) is 5.91 Å². The standard InChI is InChI=1S/C13H12ClN3OS/c1-2-16-6-5-12(18)17(13(16)19)10-4-3-9(8-15)11(14)7-10/h3-4,7H,2,5-6H2,1H3. The van der Waals surface area contributed by atoms with E-state index in [1.54, 1.807) is 18.2 Å². The zero-order valence-electron chi connectivity index (χ0n) is 10.4. The molecule has 0 radical (unpaired) electrons. The number of thiocarbonyl (C=S) groups is 1. The fraction of sp³-hybridized carbons (Fsp3) is 0.308. The number of carbonyl (C=O) groups excluding carboxylic acids is 1. The summed E-state index contributed by atoms with van der Waals surface area (Å²) in [7, 11) is 0. The number of hydrogen-bond donors (Lipinski definition) is 0. The predicted molar refractivity (Wildman–Crippen MR) is 78.1 cm³/mol. The van der Waals surface area contributed by atoms with Crippen LogP contribution in [0.4, 0.5) is 5.69 Å². The largest absolute Gasteiger partial charge is 0.348 e. The molecule has 0 spiro atoms. The molecule has 0 atom stereocenters. The number of amides is 1. The number of rotatable bonds is 2. The van der Waals surface area contributed by atoms with Gasteiger partial charge >= 0.3 is 0 Å². The molecule has 1 aromatic rings. The van der Waals surface area contributed by atoms with Crippen LogP contribution in [-0.2, 0) is 4.79 Å². The molecule has 98 valence electrons. The van der Waals surface area contributed by atoms with Crippen LogP contribution in [0.3, 0.4) is 0 Å². The fourth-order valence-corrected chi connectivity index (χ4v) is 2.61. The van der Waals surface area contributed by atoms with Crippen molar-refractivity contribution >= 4 is 40.5 Å². The Labute approximate surface area is 122 Å². The van der Waals surface area contributed by atoms with E-state index in [0.717, 1.165) is 6.54 Å². The minimum absolute atomic E-state index is 0.0459. The van der Waals surface area contributed by atoms with E-state index in [0.29, 0.717) is 34.4 Å². The molecule has 1 aromatic carbocycles. The number of hydrogen-bond acceptors (Lipinski definition) is 3. The highest BCUT2D eigenvalue weighted by atomic mass is 35.5. The lowest BCUT2D eigenvalue weighted by Gasteiger charge is -2.36. The molecule has 1 aliphatic heterocycles. The van der Waals surface area contributed by atoms with Crippen molar-refractivity contribution in [3.05, 3.63) is 28.8 Å². The van der Waals surface area contributed by atoms with Crippen molar-refractivity contribution in [2.24, 2.45) is 0 Å². The summed E-state index contributed by atoms with van der Waals surface area (Å²) in [6.45, 7) is 3.40. The number of nitriles is 1. The van der Waals surface area contributed by atoms with Gasteiger partial charge < -0.3 is 4.90 Å². The van der Waals surface area contributed by atoms with Crippen molar-refractivity contribution in [1.82, 2.24) is 4.90 Å². The smallest absolute Gasteiger partial charge is 0.235 e. The summed E-state index contributed by atoms with van der Waals surface area (Å²) in [6.07, 6.45) is 0.422. The highest BCUT2D eigenvalue weighted by Crippen LogP contribution is 2.26. The first-order chi connectivity index (χ1) is 9.08. The average molecular weight is 294 g/mol. The maximum atomic E-state index is 12.0. The lowest BCUT2D eigenvalue weighted by molar-refractivity contribution is -0.118. The topological polar surface area (TPSA) is 47.3 Å². The fourth-order valence-electron chi connectivity index (χ4n) is 1.97. The summed E-state index contributed by atoms with van der Waals surface area (Å²) < 4.78 is 0. The highest BCUT2D eigenvalue weighted by molar-refractivity contribution is 7.80.